The van der Waals surface area contributed by atoms with E-state index in [0.29, 0.717) is 0 Å². The second-order valence-electron chi connectivity index (χ2n) is 7.46. The van der Waals surface area contributed by atoms with Crippen LogP contribution in [0, 0.1) is 0 Å². The SMILES string of the molecule is CC(C)(C)c1ccc(-n2c3ccc(Br)cc3c3cc(Br)ccc32)cc1. The summed E-state index contributed by atoms with van der Waals surface area (Å²) in [5, 5.41) is 2.51. The van der Waals surface area contributed by atoms with Gasteiger partial charge >= 0.3 is 0 Å². The van der Waals surface area contributed by atoms with Gasteiger partial charge in [0.2, 0.25) is 0 Å². The minimum Gasteiger partial charge on any atom is -0.309 e. The van der Waals surface area contributed by atoms with E-state index in [2.05, 4.69) is 118 Å². The Kier molecular flexibility index (Phi) is 4.04. The molecule has 0 unspecified atom stereocenters. The Labute approximate surface area is 164 Å². The van der Waals surface area contributed by atoms with Crippen LogP contribution in [0.3, 0.4) is 0 Å². The Hall–Kier alpha value is -1.58. The van der Waals surface area contributed by atoms with Crippen LogP contribution in [0.25, 0.3) is 27.5 Å². The Morgan fingerprint density at radius 2 is 1.16 bits per heavy atom. The van der Waals surface area contributed by atoms with Gasteiger partial charge in [-0.2, -0.15) is 0 Å². The lowest BCUT2D eigenvalue weighted by molar-refractivity contribution is 0.590. The third-order valence-corrected chi connectivity index (χ3v) is 5.67. The predicted molar refractivity (Wildman–Crippen MR) is 115 cm³/mol. The number of hydrogen-bond acceptors (Lipinski definition) is 0. The molecule has 126 valence electrons. The summed E-state index contributed by atoms with van der Waals surface area (Å²) >= 11 is 7.23. The van der Waals surface area contributed by atoms with E-state index >= 15 is 0 Å². The van der Waals surface area contributed by atoms with Gasteiger partial charge in [0, 0.05) is 25.4 Å². The summed E-state index contributed by atoms with van der Waals surface area (Å²) in [6, 6.07) is 21.9. The zero-order valence-electron chi connectivity index (χ0n) is 14.5. The van der Waals surface area contributed by atoms with E-state index in [4.69, 9.17) is 0 Å². The number of halogens is 2. The van der Waals surface area contributed by atoms with Crippen molar-refractivity contribution in [2.24, 2.45) is 0 Å². The molecule has 0 bridgehead atoms. The Morgan fingerprint density at radius 1 is 0.680 bits per heavy atom. The highest BCUT2D eigenvalue weighted by molar-refractivity contribution is 9.10. The lowest BCUT2D eigenvalue weighted by Crippen LogP contribution is -2.10. The maximum absolute atomic E-state index is 3.61. The maximum atomic E-state index is 3.61. The largest absolute Gasteiger partial charge is 0.309 e. The number of fused-ring (bicyclic) bond motifs is 3. The first-order valence-electron chi connectivity index (χ1n) is 8.35. The van der Waals surface area contributed by atoms with Gasteiger partial charge in [-0.3, -0.25) is 0 Å². The van der Waals surface area contributed by atoms with Crippen molar-refractivity contribution in [3.05, 3.63) is 75.2 Å². The molecule has 3 heteroatoms. The number of nitrogens with zero attached hydrogens (tertiary/aromatic N) is 1. The average Bonchev–Trinajstić information content (AvgIpc) is 2.87. The fourth-order valence-corrected chi connectivity index (χ4v) is 4.08. The molecule has 0 aliphatic rings. The Bertz CT molecular complexity index is 1020. The third-order valence-electron chi connectivity index (χ3n) is 4.68. The van der Waals surface area contributed by atoms with E-state index in [1.807, 2.05) is 0 Å². The lowest BCUT2D eigenvalue weighted by Gasteiger charge is -2.19. The molecule has 0 aliphatic carbocycles. The lowest BCUT2D eigenvalue weighted by atomic mass is 9.87. The van der Waals surface area contributed by atoms with E-state index in [1.165, 1.54) is 33.1 Å². The van der Waals surface area contributed by atoms with E-state index in [0.717, 1.165) is 8.95 Å². The van der Waals surface area contributed by atoms with E-state index < -0.39 is 0 Å². The van der Waals surface area contributed by atoms with Crippen LogP contribution in [0.2, 0.25) is 0 Å². The first-order chi connectivity index (χ1) is 11.8. The van der Waals surface area contributed by atoms with Gasteiger partial charge in [-0.25, -0.2) is 0 Å². The first kappa shape index (κ1) is 16.9. The maximum Gasteiger partial charge on any atom is 0.0541 e. The Balaban J connectivity index is 2.03. The second kappa shape index (κ2) is 6.00. The fourth-order valence-electron chi connectivity index (χ4n) is 3.36. The molecule has 3 aromatic carbocycles. The van der Waals surface area contributed by atoms with Gasteiger partial charge in [0.25, 0.3) is 0 Å². The van der Waals surface area contributed by atoms with Gasteiger partial charge in [0.1, 0.15) is 0 Å². The van der Waals surface area contributed by atoms with Crippen molar-refractivity contribution in [1.82, 2.24) is 4.57 Å². The van der Waals surface area contributed by atoms with Crippen LogP contribution >= 0.6 is 31.9 Å². The summed E-state index contributed by atoms with van der Waals surface area (Å²) < 4.78 is 4.54. The quantitative estimate of drug-likeness (QED) is 0.277. The highest BCUT2D eigenvalue weighted by Crippen LogP contribution is 2.35. The molecule has 0 atom stereocenters. The van der Waals surface area contributed by atoms with Crippen LogP contribution in [0.15, 0.2) is 69.6 Å². The zero-order valence-corrected chi connectivity index (χ0v) is 17.6. The molecule has 0 fully saturated rings. The van der Waals surface area contributed by atoms with Crippen LogP contribution in [0.4, 0.5) is 0 Å². The molecule has 0 N–H and O–H groups in total. The number of benzene rings is 3. The third kappa shape index (κ3) is 2.94. The summed E-state index contributed by atoms with van der Waals surface area (Å²) in [4.78, 5) is 0. The number of hydrogen-bond donors (Lipinski definition) is 0. The molecule has 4 aromatic rings. The summed E-state index contributed by atoms with van der Waals surface area (Å²) in [7, 11) is 0. The average molecular weight is 457 g/mol. The summed E-state index contributed by atoms with van der Waals surface area (Å²) in [6.07, 6.45) is 0. The van der Waals surface area contributed by atoms with E-state index in [1.54, 1.807) is 0 Å². The molecular formula is C22H19Br2N. The van der Waals surface area contributed by atoms with Crippen LogP contribution in [0.5, 0.6) is 0 Å². The van der Waals surface area contributed by atoms with Gasteiger partial charge in [-0.15, -0.1) is 0 Å². The smallest absolute Gasteiger partial charge is 0.0541 e. The predicted octanol–water partition coefficient (Wildman–Crippen LogP) is 7.61. The normalized spacial score (nSPS) is 12.2. The van der Waals surface area contributed by atoms with Gasteiger partial charge in [0.05, 0.1) is 11.0 Å². The Morgan fingerprint density at radius 3 is 1.60 bits per heavy atom. The standard InChI is InChI=1S/C22H19Br2N/c1-22(2,3)14-4-8-17(9-5-14)25-20-10-6-15(23)12-18(20)19-13-16(24)7-11-21(19)25/h4-13H,1-3H3. The van der Waals surface area contributed by atoms with E-state index in [-0.39, 0.29) is 5.41 Å². The minimum absolute atomic E-state index is 0.162. The van der Waals surface area contributed by atoms with Gasteiger partial charge in [-0.05, 0) is 59.5 Å². The van der Waals surface area contributed by atoms with Crippen molar-refractivity contribution in [3.8, 4) is 5.69 Å². The summed E-state index contributed by atoms with van der Waals surface area (Å²) in [5.41, 5.74) is 5.15. The molecule has 0 radical (unpaired) electrons. The molecule has 4 rings (SSSR count). The van der Waals surface area contributed by atoms with Gasteiger partial charge in [-0.1, -0.05) is 64.8 Å². The van der Waals surface area contributed by atoms with Crippen molar-refractivity contribution >= 4 is 53.7 Å². The molecular weight excluding hydrogens is 438 g/mol. The number of rotatable bonds is 1. The van der Waals surface area contributed by atoms with Crippen LogP contribution in [0.1, 0.15) is 26.3 Å². The van der Waals surface area contributed by atoms with Crippen LogP contribution in [-0.4, -0.2) is 4.57 Å². The van der Waals surface area contributed by atoms with Gasteiger partial charge in [0.15, 0.2) is 0 Å². The molecule has 0 spiro atoms. The molecule has 0 saturated carbocycles. The number of aromatic nitrogens is 1. The van der Waals surface area contributed by atoms with Crippen LogP contribution in [-0.2, 0) is 5.41 Å². The van der Waals surface area contributed by atoms with Crippen molar-refractivity contribution < 1.29 is 0 Å². The minimum atomic E-state index is 0.162. The second-order valence-corrected chi connectivity index (χ2v) is 9.29. The fraction of sp³-hybridized carbons (Fsp3) is 0.182. The molecule has 0 saturated heterocycles. The molecule has 1 heterocycles. The van der Waals surface area contributed by atoms with Crippen molar-refractivity contribution in [2.45, 2.75) is 26.2 Å². The van der Waals surface area contributed by atoms with Crippen molar-refractivity contribution in [1.29, 1.82) is 0 Å². The van der Waals surface area contributed by atoms with Crippen molar-refractivity contribution in [2.75, 3.05) is 0 Å². The zero-order chi connectivity index (χ0) is 17.8. The molecule has 0 aliphatic heterocycles. The van der Waals surface area contributed by atoms with Crippen LogP contribution < -0.4 is 0 Å². The van der Waals surface area contributed by atoms with E-state index in [9.17, 15) is 0 Å². The summed E-state index contributed by atoms with van der Waals surface area (Å²) in [5.74, 6) is 0. The molecule has 1 aromatic heterocycles. The topological polar surface area (TPSA) is 4.93 Å². The molecule has 0 amide bonds. The monoisotopic (exact) mass is 455 g/mol. The summed E-state index contributed by atoms with van der Waals surface area (Å²) in [6.45, 7) is 6.74. The molecule has 1 nitrogen and oxygen atoms in total. The first-order valence-corrected chi connectivity index (χ1v) is 9.93. The highest BCUT2D eigenvalue weighted by atomic mass is 79.9. The molecule has 25 heavy (non-hydrogen) atoms. The van der Waals surface area contributed by atoms with Crippen molar-refractivity contribution in [3.63, 3.8) is 0 Å². The van der Waals surface area contributed by atoms with Gasteiger partial charge < -0.3 is 4.57 Å². The highest BCUT2D eigenvalue weighted by Gasteiger charge is 2.16.